The number of thiazole rings is 1. The van der Waals surface area contributed by atoms with Gasteiger partial charge >= 0.3 is 0 Å². The summed E-state index contributed by atoms with van der Waals surface area (Å²) >= 11 is 1.62. The van der Waals surface area contributed by atoms with Crippen LogP contribution in [0.25, 0.3) is 0 Å². The zero-order chi connectivity index (χ0) is 11.4. The Hall–Kier alpha value is -0.940. The van der Waals surface area contributed by atoms with Crippen LogP contribution in [0.1, 0.15) is 24.3 Å². The lowest BCUT2D eigenvalue weighted by Crippen LogP contribution is -2.33. The van der Waals surface area contributed by atoms with Crippen LogP contribution in [0, 0.1) is 5.92 Å². The number of aromatic nitrogens is 1. The van der Waals surface area contributed by atoms with Gasteiger partial charge in [-0.2, -0.15) is 0 Å². The maximum Gasteiger partial charge on any atom is 0.221 e. The molecule has 2 rings (SSSR count). The normalized spacial score (nSPS) is 17.1. The number of nitrogens with two attached hydrogens (primary N) is 1. The molecule has 1 aromatic heterocycles. The third-order valence-corrected chi connectivity index (χ3v) is 3.63. The molecule has 1 atom stereocenters. The molecule has 1 saturated carbocycles. The number of nitrogens with zero attached hydrogens (tertiary/aromatic N) is 1. The van der Waals surface area contributed by atoms with Crippen LogP contribution in [0.2, 0.25) is 0 Å². The first-order valence-electron chi connectivity index (χ1n) is 5.66. The minimum atomic E-state index is 0.0554. The van der Waals surface area contributed by atoms with E-state index in [2.05, 4.69) is 10.3 Å². The molecule has 0 bridgehead atoms. The van der Waals surface area contributed by atoms with Crippen LogP contribution < -0.4 is 11.1 Å². The SMILES string of the molecule is NC(CC(=O)NCCc1nccs1)C1CC1. The summed E-state index contributed by atoms with van der Waals surface area (Å²) in [5.74, 6) is 0.653. The summed E-state index contributed by atoms with van der Waals surface area (Å²) in [6.45, 7) is 0.656. The van der Waals surface area contributed by atoms with E-state index in [9.17, 15) is 4.79 Å². The first-order valence-corrected chi connectivity index (χ1v) is 6.54. The van der Waals surface area contributed by atoms with Crippen molar-refractivity contribution in [3.8, 4) is 0 Å². The lowest BCUT2D eigenvalue weighted by atomic mass is 10.1. The standard InChI is InChI=1S/C11H17N3OS/c12-9(8-1-2-8)7-10(15)13-4-3-11-14-5-6-16-11/h5-6,8-9H,1-4,7,12H2,(H,13,15). The molecule has 1 aliphatic rings. The summed E-state index contributed by atoms with van der Waals surface area (Å²) < 4.78 is 0. The van der Waals surface area contributed by atoms with Crippen molar-refractivity contribution in [3.63, 3.8) is 0 Å². The summed E-state index contributed by atoms with van der Waals surface area (Å²) in [7, 11) is 0. The van der Waals surface area contributed by atoms with Crippen molar-refractivity contribution in [2.45, 2.75) is 31.7 Å². The molecule has 0 spiro atoms. The molecule has 0 aromatic carbocycles. The maximum atomic E-state index is 11.5. The van der Waals surface area contributed by atoms with Crippen molar-refractivity contribution in [3.05, 3.63) is 16.6 Å². The molecule has 1 heterocycles. The second-order valence-corrected chi connectivity index (χ2v) is 5.21. The Morgan fingerprint density at radius 1 is 1.69 bits per heavy atom. The Labute approximate surface area is 99.3 Å². The van der Waals surface area contributed by atoms with E-state index < -0.39 is 0 Å². The molecular weight excluding hydrogens is 222 g/mol. The van der Waals surface area contributed by atoms with Crippen molar-refractivity contribution < 1.29 is 4.79 Å². The fraction of sp³-hybridized carbons (Fsp3) is 0.636. The minimum absolute atomic E-state index is 0.0554. The van der Waals surface area contributed by atoms with Crippen molar-refractivity contribution >= 4 is 17.2 Å². The Kier molecular flexibility index (Phi) is 3.90. The average Bonchev–Trinajstić information content (AvgIpc) is 2.98. The van der Waals surface area contributed by atoms with E-state index in [0.29, 0.717) is 18.9 Å². The molecule has 1 unspecified atom stereocenters. The van der Waals surface area contributed by atoms with E-state index in [1.54, 1.807) is 17.5 Å². The lowest BCUT2D eigenvalue weighted by Gasteiger charge is -2.09. The molecule has 0 radical (unpaired) electrons. The smallest absolute Gasteiger partial charge is 0.221 e. The topological polar surface area (TPSA) is 68.0 Å². The van der Waals surface area contributed by atoms with Gasteiger partial charge in [0.15, 0.2) is 0 Å². The fourth-order valence-electron chi connectivity index (χ4n) is 1.66. The van der Waals surface area contributed by atoms with Gasteiger partial charge in [-0.05, 0) is 18.8 Å². The molecule has 1 fully saturated rings. The van der Waals surface area contributed by atoms with Gasteiger partial charge in [0.2, 0.25) is 5.91 Å². The van der Waals surface area contributed by atoms with Gasteiger partial charge in [0.25, 0.3) is 0 Å². The summed E-state index contributed by atoms with van der Waals surface area (Å²) in [5, 5.41) is 5.89. The molecule has 0 aliphatic heterocycles. The summed E-state index contributed by atoms with van der Waals surface area (Å²) in [5.41, 5.74) is 5.88. The van der Waals surface area contributed by atoms with Crippen LogP contribution >= 0.6 is 11.3 Å². The molecule has 16 heavy (non-hydrogen) atoms. The highest BCUT2D eigenvalue weighted by molar-refractivity contribution is 7.09. The first-order chi connectivity index (χ1) is 7.75. The van der Waals surface area contributed by atoms with Gasteiger partial charge in [0, 0.05) is 37.0 Å². The third kappa shape index (κ3) is 3.57. The molecule has 1 aliphatic carbocycles. The van der Waals surface area contributed by atoms with Gasteiger partial charge in [-0.15, -0.1) is 11.3 Å². The van der Waals surface area contributed by atoms with E-state index in [1.165, 1.54) is 12.8 Å². The van der Waals surface area contributed by atoms with E-state index in [0.717, 1.165) is 11.4 Å². The molecular formula is C11H17N3OS. The van der Waals surface area contributed by atoms with Gasteiger partial charge in [-0.25, -0.2) is 4.98 Å². The Morgan fingerprint density at radius 2 is 2.50 bits per heavy atom. The van der Waals surface area contributed by atoms with Gasteiger partial charge in [-0.1, -0.05) is 0 Å². The van der Waals surface area contributed by atoms with Gasteiger partial charge in [0.1, 0.15) is 0 Å². The zero-order valence-electron chi connectivity index (χ0n) is 9.19. The molecule has 0 saturated heterocycles. The highest BCUT2D eigenvalue weighted by Crippen LogP contribution is 2.32. The predicted octanol–water partition coefficient (Wildman–Crippen LogP) is 0.929. The summed E-state index contributed by atoms with van der Waals surface area (Å²) in [6.07, 6.45) is 5.43. The number of nitrogens with one attached hydrogen (secondary N) is 1. The van der Waals surface area contributed by atoms with Crippen LogP contribution in [-0.2, 0) is 11.2 Å². The Morgan fingerprint density at radius 3 is 3.12 bits per heavy atom. The highest BCUT2D eigenvalue weighted by atomic mass is 32.1. The Bertz CT molecular complexity index is 335. The van der Waals surface area contributed by atoms with Crippen LogP contribution in [0.15, 0.2) is 11.6 Å². The van der Waals surface area contributed by atoms with E-state index in [1.807, 2.05) is 5.38 Å². The van der Waals surface area contributed by atoms with Crippen molar-refractivity contribution in [1.82, 2.24) is 10.3 Å². The van der Waals surface area contributed by atoms with Crippen molar-refractivity contribution in [2.75, 3.05) is 6.54 Å². The number of hydrogen-bond acceptors (Lipinski definition) is 4. The van der Waals surface area contributed by atoms with Crippen molar-refractivity contribution in [1.29, 1.82) is 0 Å². The van der Waals surface area contributed by atoms with Crippen LogP contribution in [0.5, 0.6) is 0 Å². The maximum absolute atomic E-state index is 11.5. The Balaban J connectivity index is 1.60. The lowest BCUT2D eigenvalue weighted by molar-refractivity contribution is -0.121. The molecule has 3 N–H and O–H groups in total. The van der Waals surface area contributed by atoms with Gasteiger partial charge < -0.3 is 11.1 Å². The predicted molar refractivity (Wildman–Crippen MR) is 64.1 cm³/mol. The molecule has 4 nitrogen and oxygen atoms in total. The largest absolute Gasteiger partial charge is 0.356 e. The van der Waals surface area contributed by atoms with Crippen LogP contribution in [0.4, 0.5) is 0 Å². The summed E-state index contributed by atoms with van der Waals surface area (Å²) in [4.78, 5) is 15.7. The molecule has 88 valence electrons. The third-order valence-electron chi connectivity index (χ3n) is 2.79. The fourth-order valence-corrected chi connectivity index (χ4v) is 2.28. The number of carbonyl (C=O) groups excluding carboxylic acids is 1. The summed E-state index contributed by atoms with van der Waals surface area (Å²) in [6, 6.07) is 0.0554. The van der Waals surface area contributed by atoms with E-state index in [4.69, 9.17) is 5.73 Å². The van der Waals surface area contributed by atoms with E-state index in [-0.39, 0.29) is 11.9 Å². The van der Waals surface area contributed by atoms with Crippen molar-refractivity contribution in [2.24, 2.45) is 11.7 Å². The zero-order valence-corrected chi connectivity index (χ0v) is 10.0. The molecule has 5 heteroatoms. The number of hydrogen-bond donors (Lipinski definition) is 2. The second kappa shape index (κ2) is 5.41. The van der Waals surface area contributed by atoms with Gasteiger partial charge in [-0.3, -0.25) is 4.79 Å². The highest BCUT2D eigenvalue weighted by Gasteiger charge is 2.29. The quantitative estimate of drug-likeness (QED) is 0.776. The minimum Gasteiger partial charge on any atom is -0.356 e. The number of rotatable bonds is 6. The van der Waals surface area contributed by atoms with Gasteiger partial charge in [0.05, 0.1) is 5.01 Å². The molecule has 1 aromatic rings. The second-order valence-electron chi connectivity index (χ2n) is 4.23. The average molecular weight is 239 g/mol. The number of amides is 1. The van der Waals surface area contributed by atoms with E-state index >= 15 is 0 Å². The first kappa shape index (κ1) is 11.5. The van der Waals surface area contributed by atoms with Crippen LogP contribution in [0.3, 0.4) is 0 Å². The number of carbonyl (C=O) groups is 1. The molecule has 1 amide bonds. The monoisotopic (exact) mass is 239 g/mol. The van der Waals surface area contributed by atoms with Crippen LogP contribution in [-0.4, -0.2) is 23.5 Å².